The average molecular weight is 218 g/mol. The third-order valence-corrected chi connectivity index (χ3v) is 2.79. The van der Waals surface area contributed by atoms with E-state index in [-0.39, 0.29) is 0 Å². The Balaban J connectivity index is 2.09. The van der Waals surface area contributed by atoms with Gasteiger partial charge < -0.3 is 5.32 Å². The van der Waals surface area contributed by atoms with Crippen molar-refractivity contribution in [3.8, 4) is 0 Å². The summed E-state index contributed by atoms with van der Waals surface area (Å²) in [7, 11) is 0. The van der Waals surface area contributed by atoms with Gasteiger partial charge in [-0.3, -0.25) is 0 Å². The number of nitrogens with one attached hydrogen (secondary N) is 1. The number of allylic oxidation sites excluding steroid dienone is 4. The molecule has 1 heteroatoms. The lowest BCUT2D eigenvalue weighted by Crippen LogP contribution is -2.02. The molecule has 3 rings (SSSR count). The molecule has 1 nitrogen and oxygen atoms in total. The summed E-state index contributed by atoms with van der Waals surface area (Å²) in [6.07, 6.45) is 10.0. The van der Waals surface area contributed by atoms with E-state index in [1.54, 1.807) is 0 Å². The molecule has 0 aliphatic carbocycles. The monoisotopic (exact) mass is 218 g/mol. The predicted molar refractivity (Wildman–Crippen MR) is 72.2 cm³/mol. The second kappa shape index (κ2) is 4.30. The van der Waals surface area contributed by atoms with Gasteiger partial charge >= 0.3 is 0 Å². The Morgan fingerprint density at radius 3 is 2.94 bits per heavy atom. The number of fused-ring (bicyclic) bond motifs is 1. The van der Waals surface area contributed by atoms with Crippen molar-refractivity contribution in [1.29, 1.82) is 0 Å². The molecule has 2 aromatic rings. The van der Waals surface area contributed by atoms with Gasteiger partial charge in [-0.1, -0.05) is 36.4 Å². The van der Waals surface area contributed by atoms with Gasteiger partial charge in [-0.05, 0) is 46.7 Å². The van der Waals surface area contributed by atoms with Crippen LogP contribution in [-0.4, -0.2) is 0 Å². The predicted octanol–water partition coefficient (Wildman–Crippen LogP) is 3.65. The Morgan fingerprint density at radius 2 is 1.94 bits per heavy atom. The first-order valence-corrected chi connectivity index (χ1v) is 5.64. The van der Waals surface area contributed by atoms with E-state index >= 15 is 0 Å². The first kappa shape index (κ1) is 9.91. The van der Waals surface area contributed by atoms with E-state index in [9.17, 15) is 0 Å². The molecule has 2 aromatic carbocycles. The lowest BCUT2D eigenvalue weighted by Gasteiger charge is -2.07. The lowest BCUT2D eigenvalue weighted by molar-refractivity contribution is 1.22. The SMILES string of the molecule is [c]1cc(C2=CC=CC=CN2)cc2ccccc12. The summed E-state index contributed by atoms with van der Waals surface area (Å²) in [6, 6.07) is 15.8. The van der Waals surface area contributed by atoms with E-state index in [1.807, 2.05) is 36.6 Å². The molecule has 1 aliphatic heterocycles. The van der Waals surface area contributed by atoms with Crippen LogP contribution in [0.3, 0.4) is 0 Å². The molecule has 1 heterocycles. The minimum atomic E-state index is 1.09. The van der Waals surface area contributed by atoms with Crippen molar-refractivity contribution in [2.75, 3.05) is 0 Å². The van der Waals surface area contributed by atoms with Gasteiger partial charge in [0.2, 0.25) is 0 Å². The van der Waals surface area contributed by atoms with Crippen molar-refractivity contribution in [3.05, 3.63) is 78.5 Å². The zero-order valence-corrected chi connectivity index (χ0v) is 9.35. The smallest absolute Gasteiger partial charge is 0.0453 e. The quantitative estimate of drug-likeness (QED) is 0.770. The summed E-state index contributed by atoms with van der Waals surface area (Å²) in [5, 5.41) is 5.62. The highest BCUT2D eigenvalue weighted by molar-refractivity contribution is 5.85. The van der Waals surface area contributed by atoms with Crippen molar-refractivity contribution < 1.29 is 0 Å². The highest BCUT2D eigenvalue weighted by Gasteiger charge is 2.01. The molecule has 1 N–H and O–H groups in total. The molecule has 0 saturated carbocycles. The summed E-state index contributed by atoms with van der Waals surface area (Å²) in [6.45, 7) is 0. The second-order valence-electron chi connectivity index (χ2n) is 3.94. The third-order valence-electron chi connectivity index (χ3n) is 2.79. The van der Waals surface area contributed by atoms with Crippen LogP contribution in [0.4, 0.5) is 0 Å². The van der Waals surface area contributed by atoms with Crippen LogP contribution in [0.1, 0.15) is 5.56 Å². The van der Waals surface area contributed by atoms with Gasteiger partial charge in [0.15, 0.2) is 0 Å². The maximum Gasteiger partial charge on any atom is 0.0453 e. The van der Waals surface area contributed by atoms with Crippen LogP contribution >= 0.6 is 0 Å². The van der Waals surface area contributed by atoms with E-state index in [0.29, 0.717) is 0 Å². The molecule has 1 aliphatic rings. The topological polar surface area (TPSA) is 12.0 Å². The molecule has 17 heavy (non-hydrogen) atoms. The van der Waals surface area contributed by atoms with E-state index < -0.39 is 0 Å². The molecule has 1 radical (unpaired) electrons. The van der Waals surface area contributed by atoms with Gasteiger partial charge in [0.25, 0.3) is 0 Å². The van der Waals surface area contributed by atoms with Gasteiger partial charge in [-0.2, -0.15) is 0 Å². The van der Waals surface area contributed by atoms with Gasteiger partial charge in [-0.25, -0.2) is 0 Å². The Bertz CT molecular complexity index is 633. The lowest BCUT2D eigenvalue weighted by atomic mass is 10.0. The first-order valence-electron chi connectivity index (χ1n) is 5.64. The summed E-state index contributed by atoms with van der Waals surface area (Å²) in [4.78, 5) is 0. The molecule has 0 saturated heterocycles. The van der Waals surface area contributed by atoms with Crippen molar-refractivity contribution in [3.63, 3.8) is 0 Å². The zero-order chi connectivity index (χ0) is 11.5. The Labute approximate surface area is 101 Å². The minimum Gasteiger partial charge on any atom is -0.361 e. The van der Waals surface area contributed by atoms with Crippen LogP contribution in [0.15, 0.2) is 66.9 Å². The Morgan fingerprint density at radius 1 is 1.00 bits per heavy atom. The van der Waals surface area contributed by atoms with Gasteiger partial charge in [-0.15, -0.1) is 0 Å². The fourth-order valence-corrected chi connectivity index (χ4v) is 1.91. The van der Waals surface area contributed by atoms with Crippen LogP contribution in [0.25, 0.3) is 16.5 Å². The summed E-state index contributed by atoms with van der Waals surface area (Å²) < 4.78 is 0. The normalized spacial score (nSPS) is 14.2. The number of hydrogen-bond donors (Lipinski definition) is 1. The molecule has 0 atom stereocenters. The molecular formula is C16H12N. The fourth-order valence-electron chi connectivity index (χ4n) is 1.91. The fraction of sp³-hybridized carbons (Fsp3) is 0. The van der Waals surface area contributed by atoms with Crippen molar-refractivity contribution >= 4 is 16.5 Å². The van der Waals surface area contributed by atoms with Gasteiger partial charge in [0, 0.05) is 11.9 Å². The van der Waals surface area contributed by atoms with Gasteiger partial charge in [0.1, 0.15) is 0 Å². The molecule has 0 aromatic heterocycles. The number of hydrogen-bond acceptors (Lipinski definition) is 1. The van der Waals surface area contributed by atoms with Gasteiger partial charge in [0.05, 0.1) is 0 Å². The second-order valence-corrected chi connectivity index (χ2v) is 3.94. The Hall–Kier alpha value is -2.28. The molecule has 81 valence electrons. The van der Waals surface area contributed by atoms with E-state index in [2.05, 4.69) is 41.7 Å². The maximum absolute atomic E-state index is 3.31. The zero-order valence-electron chi connectivity index (χ0n) is 9.35. The summed E-state index contributed by atoms with van der Waals surface area (Å²) >= 11 is 0. The highest BCUT2D eigenvalue weighted by Crippen LogP contribution is 2.20. The summed E-state index contributed by atoms with van der Waals surface area (Å²) in [5.41, 5.74) is 2.25. The largest absolute Gasteiger partial charge is 0.361 e. The van der Waals surface area contributed by atoms with Crippen molar-refractivity contribution in [2.24, 2.45) is 0 Å². The third kappa shape index (κ3) is 2.00. The molecule has 0 amide bonds. The van der Waals surface area contributed by atoms with Crippen molar-refractivity contribution in [1.82, 2.24) is 5.32 Å². The maximum atomic E-state index is 3.31. The van der Waals surface area contributed by atoms with Crippen LogP contribution in [0, 0.1) is 6.07 Å². The Kier molecular flexibility index (Phi) is 2.51. The highest BCUT2D eigenvalue weighted by atomic mass is 14.8. The minimum absolute atomic E-state index is 1.09. The van der Waals surface area contributed by atoms with Crippen LogP contribution in [-0.2, 0) is 0 Å². The van der Waals surface area contributed by atoms with E-state index in [4.69, 9.17) is 0 Å². The van der Waals surface area contributed by atoms with E-state index in [0.717, 1.165) is 16.6 Å². The summed E-state index contributed by atoms with van der Waals surface area (Å²) in [5.74, 6) is 0. The number of rotatable bonds is 1. The van der Waals surface area contributed by atoms with Crippen LogP contribution < -0.4 is 5.32 Å². The molecule has 0 fully saturated rings. The molecule has 0 bridgehead atoms. The average Bonchev–Trinajstić information content (AvgIpc) is 2.67. The van der Waals surface area contributed by atoms with Crippen LogP contribution in [0.5, 0.6) is 0 Å². The number of benzene rings is 2. The van der Waals surface area contributed by atoms with Crippen molar-refractivity contribution in [2.45, 2.75) is 0 Å². The molecule has 0 spiro atoms. The molecular weight excluding hydrogens is 206 g/mol. The van der Waals surface area contributed by atoms with Crippen LogP contribution in [0.2, 0.25) is 0 Å². The first-order chi connectivity index (χ1) is 8.43. The van der Waals surface area contributed by atoms with E-state index in [1.165, 1.54) is 5.39 Å². The molecule has 0 unspecified atom stereocenters. The standard InChI is InChI=1S/C16H12N/c1-2-8-16(17-11-5-1)15-10-9-13-6-3-4-7-14(13)12-15/h1-8,10-12,17H.